The fourth-order valence-corrected chi connectivity index (χ4v) is 2.49. The van der Waals surface area contributed by atoms with E-state index in [9.17, 15) is 9.59 Å². The number of amides is 2. The number of aromatic nitrogens is 1. The second-order valence-corrected chi connectivity index (χ2v) is 5.47. The number of rotatable bonds is 5. The molecule has 25 heavy (non-hydrogen) atoms. The first-order chi connectivity index (χ1) is 12.2. The quantitative estimate of drug-likeness (QED) is 0.899. The van der Waals surface area contributed by atoms with Crippen LogP contribution in [0.5, 0.6) is 11.5 Å². The highest BCUT2D eigenvalue weighted by atomic mass is 16.6. The first-order valence-electron chi connectivity index (χ1n) is 8.06. The minimum atomic E-state index is -0.282. The smallest absolute Gasteiger partial charge is 0.255 e. The largest absolute Gasteiger partial charge is 0.486 e. The zero-order chi connectivity index (χ0) is 17.6. The molecule has 0 unspecified atom stereocenters. The topological polar surface area (TPSA) is 80.8 Å². The molecular weight excluding hydrogens is 322 g/mol. The van der Waals surface area contributed by atoms with Gasteiger partial charge in [0.05, 0.1) is 5.56 Å². The lowest BCUT2D eigenvalue weighted by atomic mass is 10.2. The summed E-state index contributed by atoms with van der Waals surface area (Å²) in [5, 5.41) is 2.78. The molecule has 0 saturated carbocycles. The van der Waals surface area contributed by atoms with Crippen molar-refractivity contribution in [1.29, 1.82) is 0 Å². The molecule has 3 rings (SSSR count). The van der Waals surface area contributed by atoms with Crippen LogP contribution in [0.25, 0.3) is 0 Å². The molecule has 2 heterocycles. The summed E-state index contributed by atoms with van der Waals surface area (Å²) >= 11 is 0. The van der Waals surface area contributed by atoms with Gasteiger partial charge in [-0.3, -0.25) is 14.6 Å². The molecule has 1 aromatic carbocycles. The monoisotopic (exact) mass is 341 g/mol. The number of nitrogens with zero attached hydrogens (tertiary/aromatic N) is 2. The molecule has 1 N–H and O–H groups in total. The van der Waals surface area contributed by atoms with Gasteiger partial charge in [0.25, 0.3) is 5.91 Å². The van der Waals surface area contributed by atoms with Crippen molar-refractivity contribution >= 4 is 17.5 Å². The van der Waals surface area contributed by atoms with Crippen LogP contribution in [0.3, 0.4) is 0 Å². The van der Waals surface area contributed by atoms with E-state index in [0.29, 0.717) is 42.5 Å². The Morgan fingerprint density at radius 3 is 2.72 bits per heavy atom. The Morgan fingerprint density at radius 1 is 1.20 bits per heavy atom. The summed E-state index contributed by atoms with van der Waals surface area (Å²) in [6.07, 6.45) is 3.09. The zero-order valence-corrected chi connectivity index (χ0v) is 13.9. The highest BCUT2D eigenvalue weighted by Gasteiger charge is 2.18. The number of pyridine rings is 1. The van der Waals surface area contributed by atoms with Crippen molar-refractivity contribution in [3.63, 3.8) is 0 Å². The van der Waals surface area contributed by atoms with E-state index in [1.54, 1.807) is 36.5 Å². The van der Waals surface area contributed by atoms with Crippen molar-refractivity contribution in [1.82, 2.24) is 9.88 Å². The van der Waals surface area contributed by atoms with Gasteiger partial charge in [-0.05, 0) is 31.2 Å². The van der Waals surface area contributed by atoms with E-state index in [1.807, 2.05) is 6.92 Å². The highest BCUT2D eigenvalue weighted by Crippen LogP contribution is 2.32. The van der Waals surface area contributed by atoms with Crippen LogP contribution in [0.2, 0.25) is 0 Å². The van der Waals surface area contributed by atoms with Crippen LogP contribution in [0.1, 0.15) is 17.3 Å². The number of hydrogen-bond acceptors (Lipinski definition) is 5. The summed E-state index contributed by atoms with van der Waals surface area (Å²) in [7, 11) is 0. The standard InChI is InChI=1S/C18H19N3O4/c1-2-21(18(23)13-4-3-7-19-11-13)12-17(22)20-14-5-6-15-16(10-14)25-9-8-24-15/h3-7,10-11H,2,8-9,12H2,1H3,(H,20,22). The Balaban J connectivity index is 1.64. The van der Waals surface area contributed by atoms with Crippen molar-refractivity contribution in [2.45, 2.75) is 6.92 Å². The number of carbonyl (C=O) groups excluding carboxylic acids is 2. The molecule has 0 aliphatic carbocycles. The summed E-state index contributed by atoms with van der Waals surface area (Å²) in [6, 6.07) is 8.58. The molecule has 2 aromatic rings. The number of likely N-dealkylation sites (N-methyl/N-ethyl adjacent to an activating group) is 1. The maximum atomic E-state index is 12.4. The number of anilines is 1. The van der Waals surface area contributed by atoms with E-state index in [-0.39, 0.29) is 18.4 Å². The lowest BCUT2D eigenvalue weighted by Crippen LogP contribution is -2.37. The molecule has 0 radical (unpaired) electrons. The average Bonchev–Trinajstić information content (AvgIpc) is 2.66. The van der Waals surface area contributed by atoms with Crippen molar-refractivity contribution in [2.75, 3.05) is 31.6 Å². The van der Waals surface area contributed by atoms with Gasteiger partial charge >= 0.3 is 0 Å². The molecule has 0 saturated heterocycles. The molecule has 0 spiro atoms. The molecule has 7 heteroatoms. The Kier molecular flexibility index (Phi) is 5.13. The number of fused-ring (bicyclic) bond motifs is 1. The third-order valence-electron chi connectivity index (χ3n) is 3.74. The first-order valence-corrected chi connectivity index (χ1v) is 8.06. The van der Waals surface area contributed by atoms with Crippen LogP contribution in [0.4, 0.5) is 5.69 Å². The first kappa shape index (κ1) is 16.8. The highest BCUT2D eigenvalue weighted by molar-refractivity contribution is 5.99. The molecule has 1 aliphatic heterocycles. The van der Waals surface area contributed by atoms with Gasteiger partial charge in [0.15, 0.2) is 11.5 Å². The second kappa shape index (κ2) is 7.65. The summed E-state index contributed by atoms with van der Waals surface area (Å²) < 4.78 is 10.9. The van der Waals surface area contributed by atoms with Crippen LogP contribution < -0.4 is 14.8 Å². The van der Waals surface area contributed by atoms with Gasteiger partial charge in [-0.15, -0.1) is 0 Å². The Morgan fingerprint density at radius 2 is 2.00 bits per heavy atom. The van der Waals surface area contributed by atoms with Crippen molar-refractivity contribution in [2.24, 2.45) is 0 Å². The lowest BCUT2D eigenvalue weighted by molar-refractivity contribution is -0.116. The van der Waals surface area contributed by atoms with Gasteiger partial charge in [0.2, 0.25) is 5.91 Å². The molecule has 0 atom stereocenters. The number of hydrogen-bond donors (Lipinski definition) is 1. The molecule has 1 aromatic heterocycles. The zero-order valence-electron chi connectivity index (χ0n) is 13.9. The summed E-state index contributed by atoms with van der Waals surface area (Å²) in [6.45, 7) is 3.20. The minimum Gasteiger partial charge on any atom is -0.486 e. The van der Waals surface area contributed by atoms with Crippen molar-refractivity contribution in [3.05, 3.63) is 48.3 Å². The van der Waals surface area contributed by atoms with Crippen LogP contribution >= 0.6 is 0 Å². The van der Waals surface area contributed by atoms with Gasteiger partial charge in [0.1, 0.15) is 19.8 Å². The van der Waals surface area contributed by atoms with E-state index >= 15 is 0 Å². The number of benzene rings is 1. The Hall–Kier alpha value is -3.09. The minimum absolute atomic E-state index is 0.0430. The van der Waals surface area contributed by atoms with E-state index in [1.165, 1.54) is 11.1 Å². The maximum Gasteiger partial charge on any atom is 0.255 e. The fraction of sp³-hybridized carbons (Fsp3) is 0.278. The molecule has 2 amide bonds. The summed E-state index contributed by atoms with van der Waals surface area (Å²) in [5.74, 6) is 0.748. The van der Waals surface area contributed by atoms with E-state index in [2.05, 4.69) is 10.3 Å². The van der Waals surface area contributed by atoms with E-state index in [4.69, 9.17) is 9.47 Å². The lowest BCUT2D eigenvalue weighted by Gasteiger charge is -2.21. The predicted molar refractivity (Wildman–Crippen MR) is 91.9 cm³/mol. The third kappa shape index (κ3) is 4.06. The number of ether oxygens (including phenoxy) is 2. The maximum absolute atomic E-state index is 12.4. The van der Waals surface area contributed by atoms with Gasteiger partial charge in [-0.2, -0.15) is 0 Å². The van der Waals surface area contributed by atoms with E-state index < -0.39 is 0 Å². The second-order valence-electron chi connectivity index (χ2n) is 5.47. The van der Waals surface area contributed by atoms with Crippen LogP contribution in [0, 0.1) is 0 Å². The van der Waals surface area contributed by atoms with Crippen molar-refractivity contribution < 1.29 is 19.1 Å². The Labute approximate surface area is 145 Å². The normalized spacial score (nSPS) is 12.4. The number of nitrogens with one attached hydrogen (secondary N) is 1. The molecular formula is C18H19N3O4. The fourth-order valence-electron chi connectivity index (χ4n) is 2.49. The average molecular weight is 341 g/mol. The van der Waals surface area contributed by atoms with Gasteiger partial charge in [-0.1, -0.05) is 0 Å². The predicted octanol–water partition coefficient (Wildman–Crippen LogP) is 1.95. The SMILES string of the molecule is CCN(CC(=O)Nc1ccc2c(c1)OCCO2)C(=O)c1cccnc1. The van der Waals surface area contributed by atoms with Gasteiger partial charge in [-0.25, -0.2) is 0 Å². The summed E-state index contributed by atoms with van der Waals surface area (Å²) in [4.78, 5) is 30.1. The molecule has 7 nitrogen and oxygen atoms in total. The molecule has 130 valence electrons. The molecule has 0 fully saturated rings. The van der Waals surface area contributed by atoms with Crippen molar-refractivity contribution in [3.8, 4) is 11.5 Å². The summed E-state index contributed by atoms with van der Waals surface area (Å²) in [5.41, 5.74) is 1.05. The van der Waals surface area contributed by atoms with Crippen LogP contribution in [-0.4, -0.2) is 48.0 Å². The molecule has 1 aliphatic rings. The number of carbonyl (C=O) groups is 2. The Bertz CT molecular complexity index is 764. The van der Waals surface area contributed by atoms with Gasteiger partial charge in [0, 0.05) is 30.7 Å². The van der Waals surface area contributed by atoms with E-state index in [0.717, 1.165) is 0 Å². The van der Waals surface area contributed by atoms with Crippen LogP contribution in [0.15, 0.2) is 42.7 Å². The molecule has 0 bridgehead atoms. The van der Waals surface area contributed by atoms with Crippen LogP contribution in [-0.2, 0) is 4.79 Å². The van der Waals surface area contributed by atoms with Gasteiger partial charge < -0.3 is 19.7 Å². The third-order valence-corrected chi connectivity index (χ3v) is 3.74.